The molecule has 0 atom stereocenters. The van der Waals surface area contributed by atoms with Crippen molar-refractivity contribution >= 4 is 11.6 Å². The van der Waals surface area contributed by atoms with E-state index in [0.717, 1.165) is 23.2 Å². The number of hydrogen-bond acceptors (Lipinski definition) is 5. The van der Waals surface area contributed by atoms with Gasteiger partial charge in [-0.15, -0.1) is 0 Å². The van der Waals surface area contributed by atoms with Gasteiger partial charge in [-0.2, -0.15) is 4.98 Å². The topological polar surface area (TPSA) is 68.2 Å². The number of hydrogen-bond donors (Lipinski definition) is 1. The minimum atomic E-state index is 0.467. The number of anilines is 2. The molecule has 0 radical (unpaired) electrons. The van der Waals surface area contributed by atoms with E-state index in [1.54, 1.807) is 0 Å². The Morgan fingerprint density at radius 2 is 2.06 bits per heavy atom. The highest BCUT2D eigenvalue weighted by Gasteiger charge is 2.15. The van der Waals surface area contributed by atoms with Gasteiger partial charge in [-0.1, -0.05) is 6.07 Å². The van der Waals surface area contributed by atoms with Crippen molar-refractivity contribution in [1.29, 1.82) is 0 Å². The molecule has 2 N–H and O–H groups in total. The summed E-state index contributed by atoms with van der Waals surface area (Å²) in [6.45, 7) is 6.84. The highest BCUT2D eigenvalue weighted by Crippen LogP contribution is 2.29. The molecule has 0 unspecified atom stereocenters. The maximum atomic E-state index is 6.06. The highest BCUT2D eigenvalue weighted by atomic mass is 16.5. The zero-order valence-corrected chi connectivity index (χ0v) is 11.2. The maximum absolute atomic E-state index is 6.06. The molecule has 2 rings (SSSR count). The number of nitrogens with zero attached hydrogens (tertiary/aromatic N) is 3. The molecular weight excluding hydrogens is 228 g/mol. The van der Waals surface area contributed by atoms with E-state index in [-0.39, 0.29) is 0 Å². The van der Waals surface area contributed by atoms with Gasteiger partial charge in [0.2, 0.25) is 0 Å². The van der Waals surface area contributed by atoms with E-state index in [1.807, 2.05) is 44.9 Å². The molecule has 18 heavy (non-hydrogen) atoms. The lowest BCUT2D eigenvalue weighted by atomic mass is 10.0. The summed E-state index contributed by atoms with van der Waals surface area (Å²) in [4.78, 5) is 6.27. The lowest BCUT2D eigenvalue weighted by Crippen LogP contribution is -2.16. The number of nitrogen functional groups attached to an aromatic ring is 1. The first-order chi connectivity index (χ1) is 8.52. The predicted molar refractivity (Wildman–Crippen MR) is 72.6 cm³/mol. The third-order valence-electron chi connectivity index (χ3n) is 2.99. The van der Waals surface area contributed by atoms with Crippen molar-refractivity contribution < 1.29 is 4.52 Å². The SMILES string of the molecule is CCN(C)c1noc(-c2cc(C)cc(C)c2N)n1. The summed E-state index contributed by atoms with van der Waals surface area (Å²) in [6, 6.07) is 4.00. The molecule has 0 amide bonds. The van der Waals surface area contributed by atoms with Crippen molar-refractivity contribution in [2.45, 2.75) is 20.8 Å². The molecule has 1 aromatic heterocycles. The Hall–Kier alpha value is -2.04. The van der Waals surface area contributed by atoms with E-state index >= 15 is 0 Å². The van der Waals surface area contributed by atoms with Gasteiger partial charge in [0.05, 0.1) is 5.56 Å². The molecule has 0 spiro atoms. The first-order valence-electron chi connectivity index (χ1n) is 5.95. The number of aryl methyl sites for hydroxylation is 2. The summed E-state index contributed by atoms with van der Waals surface area (Å²) < 4.78 is 5.28. The van der Waals surface area contributed by atoms with Crippen molar-refractivity contribution in [3.63, 3.8) is 0 Å². The van der Waals surface area contributed by atoms with Crippen LogP contribution in [0.15, 0.2) is 16.7 Å². The van der Waals surface area contributed by atoms with Crippen LogP contribution in [-0.2, 0) is 0 Å². The van der Waals surface area contributed by atoms with Crippen LogP contribution in [0.25, 0.3) is 11.5 Å². The molecular formula is C13H18N4O. The molecule has 0 fully saturated rings. The predicted octanol–water partition coefficient (Wildman–Crippen LogP) is 2.39. The molecule has 0 aliphatic carbocycles. The number of benzene rings is 1. The molecule has 96 valence electrons. The first kappa shape index (κ1) is 12.4. The molecule has 0 aliphatic heterocycles. The second-order valence-corrected chi connectivity index (χ2v) is 4.46. The fourth-order valence-electron chi connectivity index (χ4n) is 1.78. The van der Waals surface area contributed by atoms with E-state index in [0.29, 0.717) is 17.5 Å². The van der Waals surface area contributed by atoms with Crippen molar-refractivity contribution in [2.75, 3.05) is 24.2 Å². The lowest BCUT2D eigenvalue weighted by molar-refractivity contribution is 0.430. The van der Waals surface area contributed by atoms with Crippen LogP contribution in [0.4, 0.5) is 11.6 Å². The molecule has 0 saturated carbocycles. The average molecular weight is 246 g/mol. The van der Waals surface area contributed by atoms with Gasteiger partial charge in [0.25, 0.3) is 11.8 Å². The van der Waals surface area contributed by atoms with Gasteiger partial charge in [0.1, 0.15) is 0 Å². The highest BCUT2D eigenvalue weighted by molar-refractivity contribution is 5.74. The quantitative estimate of drug-likeness (QED) is 0.842. The molecule has 5 nitrogen and oxygen atoms in total. The van der Waals surface area contributed by atoms with Crippen LogP contribution in [-0.4, -0.2) is 23.7 Å². The van der Waals surface area contributed by atoms with E-state index in [9.17, 15) is 0 Å². The largest absolute Gasteiger partial charge is 0.398 e. The van der Waals surface area contributed by atoms with Gasteiger partial charge in [-0.3, -0.25) is 0 Å². The number of nitrogens with two attached hydrogens (primary N) is 1. The van der Waals surface area contributed by atoms with Gasteiger partial charge < -0.3 is 15.2 Å². The molecule has 2 aromatic rings. The second kappa shape index (κ2) is 4.68. The third-order valence-corrected chi connectivity index (χ3v) is 2.99. The Bertz CT molecular complexity index is 562. The summed E-state index contributed by atoms with van der Waals surface area (Å²) in [5.41, 5.74) is 9.70. The van der Waals surface area contributed by atoms with Crippen LogP contribution in [0.3, 0.4) is 0 Å². The van der Waals surface area contributed by atoms with Crippen LogP contribution in [0, 0.1) is 13.8 Å². The molecule has 0 aliphatic rings. The Labute approximate surface area is 107 Å². The van der Waals surface area contributed by atoms with Gasteiger partial charge in [0.15, 0.2) is 0 Å². The van der Waals surface area contributed by atoms with Gasteiger partial charge in [-0.05, 0) is 43.1 Å². The van der Waals surface area contributed by atoms with Crippen LogP contribution >= 0.6 is 0 Å². The lowest BCUT2D eigenvalue weighted by Gasteiger charge is -2.09. The summed E-state index contributed by atoms with van der Waals surface area (Å²) in [7, 11) is 1.92. The number of aromatic nitrogens is 2. The van der Waals surface area contributed by atoms with Crippen molar-refractivity contribution in [1.82, 2.24) is 10.1 Å². The van der Waals surface area contributed by atoms with Crippen molar-refractivity contribution in [3.8, 4) is 11.5 Å². The molecule has 1 aromatic carbocycles. The first-order valence-corrected chi connectivity index (χ1v) is 5.95. The Balaban J connectivity index is 2.46. The van der Waals surface area contributed by atoms with Gasteiger partial charge in [0, 0.05) is 19.3 Å². The summed E-state index contributed by atoms with van der Waals surface area (Å²) in [5.74, 6) is 1.04. The zero-order chi connectivity index (χ0) is 13.3. The van der Waals surface area contributed by atoms with Crippen LogP contribution in [0.1, 0.15) is 18.1 Å². The maximum Gasteiger partial charge on any atom is 0.266 e. The fraction of sp³-hybridized carbons (Fsp3) is 0.385. The minimum absolute atomic E-state index is 0.467. The Morgan fingerprint density at radius 1 is 1.33 bits per heavy atom. The minimum Gasteiger partial charge on any atom is -0.398 e. The van der Waals surface area contributed by atoms with Crippen LogP contribution < -0.4 is 10.6 Å². The van der Waals surface area contributed by atoms with E-state index in [1.165, 1.54) is 0 Å². The Kier molecular flexibility index (Phi) is 3.23. The van der Waals surface area contributed by atoms with E-state index in [2.05, 4.69) is 10.1 Å². The molecule has 5 heteroatoms. The van der Waals surface area contributed by atoms with E-state index < -0.39 is 0 Å². The summed E-state index contributed by atoms with van der Waals surface area (Å²) in [6.07, 6.45) is 0. The third kappa shape index (κ3) is 2.16. The van der Waals surface area contributed by atoms with Gasteiger partial charge in [-0.25, -0.2) is 0 Å². The standard InChI is InChI=1S/C13H18N4O/c1-5-17(4)13-15-12(18-16-13)10-7-8(2)6-9(3)11(10)14/h6-7H,5,14H2,1-4H3. The Morgan fingerprint density at radius 3 is 2.72 bits per heavy atom. The molecule has 1 heterocycles. The second-order valence-electron chi connectivity index (χ2n) is 4.46. The van der Waals surface area contributed by atoms with Gasteiger partial charge >= 0.3 is 0 Å². The monoisotopic (exact) mass is 246 g/mol. The van der Waals surface area contributed by atoms with Crippen LogP contribution in [0.5, 0.6) is 0 Å². The summed E-state index contributed by atoms with van der Waals surface area (Å²) >= 11 is 0. The molecule has 0 bridgehead atoms. The van der Waals surface area contributed by atoms with E-state index in [4.69, 9.17) is 10.3 Å². The van der Waals surface area contributed by atoms with Crippen LogP contribution in [0.2, 0.25) is 0 Å². The van der Waals surface area contributed by atoms with Crippen molar-refractivity contribution in [3.05, 3.63) is 23.3 Å². The molecule has 0 saturated heterocycles. The average Bonchev–Trinajstić information content (AvgIpc) is 2.82. The number of rotatable bonds is 3. The fourth-order valence-corrected chi connectivity index (χ4v) is 1.78. The normalized spacial score (nSPS) is 10.7. The summed E-state index contributed by atoms with van der Waals surface area (Å²) in [5, 5.41) is 3.95. The smallest absolute Gasteiger partial charge is 0.266 e. The van der Waals surface area contributed by atoms with Crippen molar-refractivity contribution in [2.24, 2.45) is 0 Å². The zero-order valence-electron chi connectivity index (χ0n) is 11.2.